The molecule has 1 aliphatic rings. The molecule has 1 unspecified atom stereocenters. The number of hydrogen-bond acceptors (Lipinski definition) is 4. The normalized spacial score (nSPS) is 16.6. The summed E-state index contributed by atoms with van der Waals surface area (Å²) in [7, 11) is 0. The molecule has 1 aliphatic heterocycles. The number of rotatable bonds is 3. The molecule has 0 spiro atoms. The summed E-state index contributed by atoms with van der Waals surface area (Å²) in [4.78, 5) is 23.6. The zero-order valence-corrected chi connectivity index (χ0v) is 17.5. The van der Waals surface area contributed by atoms with E-state index < -0.39 is 0 Å². The maximum absolute atomic E-state index is 13.4. The van der Waals surface area contributed by atoms with E-state index in [-0.39, 0.29) is 11.8 Å². The van der Waals surface area contributed by atoms with Crippen LogP contribution in [0.3, 0.4) is 0 Å². The third-order valence-electron chi connectivity index (χ3n) is 6.26. The van der Waals surface area contributed by atoms with Gasteiger partial charge in [-0.2, -0.15) is 0 Å². The van der Waals surface area contributed by atoms with Gasteiger partial charge in [-0.15, -0.1) is 0 Å². The highest BCUT2D eigenvalue weighted by Gasteiger charge is 2.28. The van der Waals surface area contributed by atoms with E-state index >= 15 is 0 Å². The zero-order chi connectivity index (χ0) is 21.5. The van der Waals surface area contributed by atoms with E-state index in [2.05, 4.69) is 10.1 Å². The molecule has 0 radical (unpaired) electrons. The van der Waals surface area contributed by atoms with Crippen molar-refractivity contribution in [3.05, 3.63) is 84.2 Å². The number of likely N-dealkylation sites (tertiary alicyclic amines) is 1. The molecule has 3 heterocycles. The lowest BCUT2D eigenvalue weighted by Crippen LogP contribution is -2.39. The second-order valence-corrected chi connectivity index (χ2v) is 8.34. The first-order chi connectivity index (χ1) is 15.8. The molecule has 0 aliphatic carbocycles. The van der Waals surface area contributed by atoms with Gasteiger partial charge in [0, 0.05) is 30.1 Å². The Morgan fingerprint density at radius 2 is 1.84 bits per heavy atom. The Labute approximate surface area is 184 Å². The largest absolute Gasteiger partial charge is 0.355 e. The van der Waals surface area contributed by atoms with Gasteiger partial charge in [-0.3, -0.25) is 4.79 Å². The van der Waals surface area contributed by atoms with E-state index in [0.29, 0.717) is 17.9 Å². The molecule has 1 N–H and O–H groups in total. The molecule has 6 rings (SSSR count). The average molecular weight is 422 g/mol. The Kier molecular flexibility index (Phi) is 4.49. The smallest absolute Gasteiger partial charge is 0.253 e. The molecule has 6 heteroatoms. The monoisotopic (exact) mass is 422 g/mol. The topological polar surface area (TPSA) is 75.0 Å². The average Bonchev–Trinajstić information content (AvgIpc) is 3.48. The van der Waals surface area contributed by atoms with E-state index in [9.17, 15) is 4.79 Å². The van der Waals surface area contributed by atoms with Crippen molar-refractivity contribution >= 4 is 27.8 Å². The number of hydrogen-bond donors (Lipinski definition) is 1. The van der Waals surface area contributed by atoms with Crippen molar-refractivity contribution in [2.75, 3.05) is 13.1 Å². The molecule has 2 aromatic heterocycles. The second kappa shape index (κ2) is 7.64. The van der Waals surface area contributed by atoms with E-state index in [1.54, 1.807) is 0 Å². The summed E-state index contributed by atoms with van der Waals surface area (Å²) in [5.74, 6) is 1.89. The van der Waals surface area contributed by atoms with Crippen LogP contribution in [0.5, 0.6) is 0 Å². The van der Waals surface area contributed by atoms with Gasteiger partial charge >= 0.3 is 0 Å². The Hall–Kier alpha value is -3.93. The van der Waals surface area contributed by atoms with Gasteiger partial charge in [-0.05, 0) is 43.2 Å². The van der Waals surface area contributed by atoms with Crippen LogP contribution < -0.4 is 0 Å². The van der Waals surface area contributed by atoms with Crippen LogP contribution in [0.2, 0.25) is 0 Å². The van der Waals surface area contributed by atoms with Crippen LogP contribution in [-0.2, 0) is 0 Å². The Morgan fingerprint density at radius 3 is 2.72 bits per heavy atom. The number of H-pyrrole nitrogens is 1. The van der Waals surface area contributed by atoms with E-state index in [1.807, 2.05) is 77.7 Å². The molecule has 1 fully saturated rings. The van der Waals surface area contributed by atoms with Gasteiger partial charge in [-0.1, -0.05) is 47.6 Å². The maximum Gasteiger partial charge on any atom is 0.253 e. The van der Waals surface area contributed by atoms with Crippen LogP contribution in [0.25, 0.3) is 33.3 Å². The lowest BCUT2D eigenvalue weighted by atomic mass is 9.96. The van der Waals surface area contributed by atoms with Gasteiger partial charge < -0.3 is 14.4 Å². The van der Waals surface area contributed by atoms with Crippen LogP contribution in [0.1, 0.15) is 34.9 Å². The lowest BCUT2D eigenvalue weighted by Gasteiger charge is -2.32. The minimum absolute atomic E-state index is 0.0351. The fraction of sp³-hybridized carbons (Fsp3) is 0.192. The van der Waals surface area contributed by atoms with Crippen molar-refractivity contribution in [3.63, 3.8) is 0 Å². The van der Waals surface area contributed by atoms with Crippen molar-refractivity contribution < 1.29 is 9.32 Å². The van der Waals surface area contributed by atoms with Crippen molar-refractivity contribution in [1.82, 2.24) is 20.0 Å². The number of piperidine rings is 1. The van der Waals surface area contributed by atoms with Gasteiger partial charge in [0.25, 0.3) is 5.91 Å². The molecule has 32 heavy (non-hydrogen) atoms. The fourth-order valence-corrected chi connectivity index (χ4v) is 4.61. The van der Waals surface area contributed by atoms with Crippen LogP contribution >= 0.6 is 0 Å². The SMILES string of the molecule is O=C(c1ccc2noc(-c3ccccc3)c2c1)N1CCCC(c2nc3ccccc3[nH]2)C1. The number of amides is 1. The Bertz CT molecular complexity index is 1390. The van der Waals surface area contributed by atoms with Crippen molar-refractivity contribution in [3.8, 4) is 11.3 Å². The maximum atomic E-state index is 13.4. The highest BCUT2D eigenvalue weighted by Crippen LogP contribution is 2.31. The predicted molar refractivity (Wildman–Crippen MR) is 123 cm³/mol. The number of imidazole rings is 1. The molecular formula is C26H22N4O2. The first-order valence-corrected chi connectivity index (χ1v) is 10.9. The van der Waals surface area contributed by atoms with E-state index in [4.69, 9.17) is 9.51 Å². The molecule has 1 saturated heterocycles. The number of para-hydroxylation sites is 2. The molecule has 3 aromatic carbocycles. The first-order valence-electron chi connectivity index (χ1n) is 10.9. The summed E-state index contributed by atoms with van der Waals surface area (Å²) < 4.78 is 5.60. The molecule has 158 valence electrons. The van der Waals surface area contributed by atoms with Crippen molar-refractivity contribution in [2.45, 2.75) is 18.8 Å². The van der Waals surface area contributed by atoms with Gasteiger partial charge in [-0.25, -0.2) is 4.98 Å². The van der Waals surface area contributed by atoms with Crippen LogP contribution in [0.4, 0.5) is 0 Å². The third kappa shape index (κ3) is 3.24. The van der Waals surface area contributed by atoms with Crippen molar-refractivity contribution in [2.24, 2.45) is 0 Å². The Morgan fingerprint density at radius 1 is 1.00 bits per heavy atom. The predicted octanol–water partition coefficient (Wildman–Crippen LogP) is 5.39. The summed E-state index contributed by atoms with van der Waals surface area (Å²) in [6.07, 6.45) is 1.98. The van der Waals surface area contributed by atoms with Gasteiger partial charge in [0.1, 0.15) is 11.3 Å². The number of nitrogens with one attached hydrogen (secondary N) is 1. The van der Waals surface area contributed by atoms with Crippen molar-refractivity contribution in [1.29, 1.82) is 0 Å². The number of aromatic amines is 1. The van der Waals surface area contributed by atoms with E-state index in [1.165, 1.54) is 0 Å². The molecule has 5 aromatic rings. The van der Waals surface area contributed by atoms with Crippen LogP contribution in [0, 0.1) is 0 Å². The molecule has 6 nitrogen and oxygen atoms in total. The molecule has 1 atom stereocenters. The Balaban J connectivity index is 1.28. The van der Waals surface area contributed by atoms with Crippen LogP contribution in [-0.4, -0.2) is 39.0 Å². The third-order valence-corrected chi connectivity index (χ3v) is 6.26. The van der Waals surface area contributed by atoms with E-state index in [0.717, 1.165) is 52.7 Å². The number of nitrogens with zero attached hydrogens (tertiary/aromatic N) is 3. The molecule has 0 bridgehead atoms. The second-order valence-electron chi connectivity index (χ2n) is 8.34. The standard InChI is InChI=1S/C26H22N4O2/c31-26(18-12-13-21-20(15-18)24(32-29-21)17-7-2-1-3-8-17)30-14-6-9-19(16-30)25-27-22-10-4-5-11-23(22)28-25/h1-5,7-8,10-13,15,19H,6,9,14,16H2,(H,27,28). The molecule has 1 amide bonds. The summed E-state index contributed by atoms with van der Waals surface area (Å²) in [5, 5.41) is 5.02. The number of aromatic nitrogens is 3. The van der Waals surface area contributed by atoms with Crippen LogP contribution in [0.15, 0.2) is 77.3 Å². The summed E-state index contributed by atoms with van der Waals surface area (Å²) in [6.45, 7) is 1.41. The highest BCUT2D eigenvalue weighted by atomic mass is 16.5. The minimum atomic E-state index is 0.0351. The summed E-state index contributed by atoms with van der Waals surface area (Å²) >= 11 is 0. The van der Waals surface area contributed by atoms with Gasteiger partial charge in [0.2, 0.25) is 0 Å². The lowest BCUT2D eigenvalue weighted by molar-refractivity contribution is 0.0705. The highest BCUT2D eigenvalue weighted by molar-refractivity contribution is 6.01. The van der Waals surface area contributed by atoms with Gasteiger partial charge in [0.05, 0.1) is 16.4 Å². The summed E-state index contributed by atoms with van der Waals surface area (Å²) in [6, 6.07) is 23.5. The minimum Gasteiger partial charge on any atom is -0.355 e. The summed E-state index contributed by atoms with van der Waals surface area (Å²) in [5.41, 5.74) is 4.36. The number of carbonyl (C=O) groups excluding carboxylic acids is 1. The fourth-order valence-electron chi connectivity index (χ4n) is 4.61. The molecule has 0 saturated carbocycles. The number of fused-ring (bicyclic) bond motifs is 2. The molecular weight excluding hydrogens is 400 g/mol. The number of benzene rings is 3. The number of carbonyl (C=O) groups is 1. The van der Waals surface area contributed by atoms with Gasteiger partial charge in [0.15, 0.2) is 5.76 Å². The quantitative estimate of drug-likeness (QED) is 0.423. The zero-order valence-electron chi connectivity index (χ0n) is 17.5. The first kappa shape index (κ1) is 18.8.